The lowest BCUT2D eigenvalue weighted by atomic mass is 10.2. The zero-order valence-corrected chi connectivity index (χ0v) is 18.6. The fourth-order valence-electron chi connectivity index (χ4n) is 3.26. The van der Waals surface area contributed by atoms with Crippen molar-refractivity contribution in [1.29, 1.82) is 0 Å². The number of carbonyl (C=O) groups excluding carboxylic acids is 1. The van der Waals surface area contributed by atoms with Gasteiger partial charge in [-0.05, 0) is 42.0 Å². The zero-order chi connectivity index (χ0) is 22.2. The van der Waals surface area contributed by atoms with E-state index in [0.717, 1.165) is 5.56 Å². The SMILES string of the molecule is O=C(CCc1nnc2s/c(=C/c3ccc4c(c3)OCO4)c(=O)n12)Nc1cc(Cl)ccc1Cl. The van der Waals surface area contributed by atoms with E-state index in [1.165, 1.54) is 15.7 Å². The van der Waals surface area contributed by atoms with Crippen molar-refractivity contribution in [3.8, 4) is 11.5 Å². The molecule has 1 amide bonds. The number of ether oxygens (including phenoxy) is 2. The van der Waals surface area contributed by atoms with Crippen LogP contribution in [0.25, 0.3) is 11.0 Å². The van der Waals surface area contributed by atoms with Crippen LogP contribution in [0.1, 0.15) is 17.8 Å². The maximum Gasteiger partial charge on any atom is 0.275 e. The van der Waals surface area contributed by atoms with E-state index in [4.69, 9.17) is 32.7 Å². The maximum atomic E-state index is 12.9. The van der Waals surface area contributed by atoms with Gasteiger partial charge >= 0.3 is 0 Å². The third kappa shape index (κ3) is 4.02. The molecule has 32 heavy (non-hydrogen) atoms. The molecule has 8 nitrogen and oxygen atoms in total. The number of hydrogen-bond acceptors (Lipinski definition) is 7. The summed E-state index contributed by atoms with van der Waals surface area (Å²) in [4.78, 5) is 25.8. The van der Waals surface area contributed by atoms with Gasteiger partial charge in [0.2, 0.25) is 17.7 Å². The second-order valence-corrected chi connectivity index (χ2v) is 8.79. The highest BCUT2D eigenvalue weighted by Crippen LogP contribution is 2.32. The van der Waals surface area contributed by atoms with E-state index in [-0.39, 0.29) is 31.1 Å². The van der Waals surface area contributed by atoms with Gasteiger partial charge in [0.25, 0.3) is 5.56 Å². The number of anilines is 1. The number of fused-ring (bicyclic) bond motifs is 2. The van der Waals surface area contributed by atoms with Gasteiger partial charge in [-0.15, -0.1) is 10.2 Å². The van der Waals surface area contributed by atoms with Gasteiger partial charge in [0.05, 0.1) is 15.2 Å². The molecule has 2 aromatic carbocycles. The lowest BCUT2D eigenvalue weighted by Gasteiger charge is -2.07. The zero-order valence-electron chi connectivity index (χ0n) is 16.3. The van der Waals surface area contributed by atoms with E-state index in [1.807, 2.05) is 12.1 Å². The van der Waals surface area contributed by atoms with Crippen molar-refractivity contribution < 1.29 is 14.3 Å². The van der Waals surface area contributed by atoms with Crippen LogP contribution in [0.15, 0.2) is 41.2 Å². The fourth-order valence-corrected chi connectivity index (χ4v) is 4.53. The Balaban J connectivity index is 1.36. The minimum atomic E-state index is -0.277. The van der Waals surface area contributed by atoms with E-state index < -0.39 is 0 Å². The summed E-state index contributed by atoms with van der Waals surface area (Å²) in [6.07, 6.45) is 2.10. The number of nitrogens with one attached hydrogen (secondary N) is 1. The summed E-state index contributed by atoms with van der Waals surface area (Å²) in [5.41, 5.74) is 1.00. The average Bonchev–Trinajstić information content (AvgIpc) is 3.47. The van der Waals surface area contributed by atoms with Crippen molar-refractivity contribution in [1.82, 2.24) is 14.6 Å². The second kappa shape index (κ2) is 8.42. The molecule has 0 atom stereocenters. The van der Waals surface area contributed by atoms with Crippen molar-refractivity contribution in [3.05, 3.63) is 72.7 Å². The standard InChI is InChI=1S/C21H14Cl2N4O4S/c22-12-2-3-13(23)14(9-12)24-19(28)6-5-18-25-26-21-27(18)20(29)17(32-21)8-11-1-4-15-16(7-11)31-10-30-15/h1-4,7-9H,5-6,10H2,(H,24,28)/b17-8+. The Kier molecular flexibility index (Phi) is 5.46. The highest BCUT2D eigenvalue weighted by molar-refractivity contribution is 7.15. The number of amides is 1. The van der Waals surface area contributed by atoms with Crippen LogP contribution in [0.5, 0.6) is 11.5 Å². The number of aromatic nitrogens is 3. The van der Waals surface area contributed by atoms with Crippen LogP contribution in [-0.2, 0) is 11.2 Å². The molecule has 4 aromatic rings. The van der Waals surface area contributed by atoms with Gasteiger partial charge in [-0.2, -0.15) is 0 Å². The van der Waals surface area contributed by atoms with E-state index >= 15 is 0 Å². The summed E-state index contributed by atoms with van der Waals surface area (Å²) in [6.45, 7) is 0.185. The van der Waals surface area contributed by atoms with Crippen LogP contribution in [0.2, 0.25) is 10.0 Å². The van der Waals surface area contributed by atoms with Crippen LogP contribution in [0.4, 0.5) is 5.69 Å². The predicted molar refractivity (Wildman–Crippen MR) is 122 cm³/mol. The lowest BCUT2D eigenvalue weighted by molar-refractivity contribution is -0.116. The van der Waals surface area contributed by atoms with E-state index in [1.54, 1.807) is 30.3 Å². The molecular formula is C21H14Cl2N4O4S. The first kappa shape index (κ1) is 20.7. The van der Waals surface area contributed by atoms with Gasteiger partial charge in [0.15, 0.2) is 11.5 Å². The smallest absolute Gasteiger partial charge is 0.275 e. The highest BCUT2D eigenvalue weighted by atomic mass is 35.5. The molecule has 11 heteroatoms. The Morgan fingerprint density at radius 1 is 1.16 bits per heavy atom. The van der Waals surface area contributed by atoms with Crippen LogP contribution in [-0.4, -0.2) is 27.3 Å². The third-order valence-corrected chi connectivity index (χ3v) is 6.31. The Morgan fingerprint density at radius 3 is 2.88 bits per heavy atom. The summed E-state index contributed by atoms with van der Waals surface area (Å²) in [5, 5.41) is 11.7. The van der Waals surface area contributed by atoms with Crippen molar-refractivity contribution in [2.75, 3.05) is 12.1 Å². The summed E-state index contributed by atoms with van der Waals surface area (Å²) in [6, 6.07) is 10.3. The third-order valence-electron chi connectivity index (χ3n) is 4.79. The lowest BCUT2D eigenvalue weighted by Crippen LogP contribution is -2.24. The van der Waals surface area contributed by atoms with Gasteiger partial charge in [-0.25, -0.2) is 4.40 Å². The van der Waals surface area contributed by atoms with Crippen molar-refractivity contribution in [2.24, 2.45) is 0 Å². The highest BCUT2D eigenvalue weighted by Gasteiger charge is 2.16. The molecule has 1 aliphatic heterocycles. The molecule has 5 rings (SSSR count). The number of rotatable bonds is 5. The first-order valence-corrected chi connectivity index (χ1v) is 11.1. The first-order valence-electron chi connectivity index (χ1n) is 9.51. The Bertz CT molecular complexity index is 1470. The van der Waals surface area contributed by atoms with E-state index in [9.17, 15) is 9.59 Å². The number of hydrogen-bond donors (Lipinski definition) is 1. The monoisotopic (exact) mass is 488 g/mol. The van der Waals surface area contributed by atoms with Crippen LogP contribution in [0.3, 0.4) is 0 Å². The molecule has 0 spiro atoms. The fraction of sp³-hybridized carbons (Fsp3) is 0.143. The number of halogens is 2. The number of thiazole rings is 1. The summed E-state index contributed by atoms with van der Waals surface area (Å²) in [5.74, 6) is 1.45. The van der Waals surface area contributed by atoms with Crippen molar-refractivity contribution >= 4 is 57.2 Å². The van der Waals surface area contributed by atoms with Crippen LogP contribution in [0, 0.1) is 0 Å². The summed E-state index contributed by atoms with van der Waals surface area (Å²) >= 11 is 13.3. The van der Waals surface area contributed by atoms with Gasteiger partial charge in [-0.3, -0.25) is 9.59 Å². The van der Waals surface area contributed by atoms with Gasteiger partial charge in [0.1, 0.15) is 5.82 Å². The minimum Gasteiger partial charge on any atom is -0.454 e. The maximum absolute atomic E-state index is 12.9. The van der Waals surface area contributed by atoms with Crippen molar-refractivity contribution in [2.45, 2.75) is 12.8 Å². The molecule has 0 aliphatic carbocycles. The molecule has 1 aliphatic rings. The average molecular weight is 489 g/mol. The van der Waals surface area contributed by atoms with E-state index in [0.29, 0.717) is 42.5 Å². The Hall–Kier alpha value is -3.14. The molecule has 1 N–H and O–H groups in total. The quantitative estimate of drug-likeness (QED) is 0.463. The molecular weight excluding hydrogens is 475 g/mol. The number of carbonyl (C=O) groups is 1. The molecule has 0 fully saturated rings. The molecule has 162 valence electrons. The van der Waals surface area contributed by atoms with Crippen molar-refractivity contribution in [3.63, 3.8) is 0 Å². The van der Waals surface area contributed by atoms with E-state index in [2.05, 4.69) is 15.5 Å². The first-order chi connectivity index (χ1) is 15.5. The number of nitrogens with zero attached hydrogens (tertiary/aromatic N) is 3. The molecule has 0 saturated heterocycles. The minimum absolute atomic E-state index is 0.0974. The molecule has 0 bridgehead atoms. The number of aryl methyl sites for hydroxylation is 1. The number of benzene rings is 2. The van der Waals surface area contributed by atoms with Gasteiger partial charge < -0.3 is 14.8 Å². The predicted octanol–water partition coefficient (Wildman–Crippen LogP) is 3.31. The molecule has 0 saturated carbocycles. The second-order valence-electron chi connectivity index (χ2n) is 6.94. The topological polar surface area (TPSA) is 94.8 Å². The Morgan fingerprint density at radius 2 is 2.00 bits per heavy atom. The molecule has 3 heterocycles. The summed E-state index contributed by atoms with van der Waals surface area (Å²) < 4.78 is 12.6. The van der Waals surface area contributed by atoms with Gasteiger partial charge in [0, 0.05) is 17.9 Å². The Labute approximate surface area is 195 Å². The van der Waals surface area contributed by atoms with Gasteiger partial charge in [-0.1, -0.05) is 40.6 Å². The van der Waals surface area contributed by atoms with Crippen LogP contribution < -0.4 is 24.9 Å². The molecule has 2 aromatic heterocycles. The summed E-state index contributed by atoms with van der Waals surface area (Å²) in [7, 11) is 0. The van der Waals surface area contributed by atoms with Crippen LogP contribution >= 0.6 is 34.5 Å². The molecule has 0 unspecified atom stereocenters. The molecule has 0 radical (unpaired) electrons. The normalized spacial score (nSPS) is 13.1. The largest absolute Gasteiger partial charge is 0.454 e.